The SMILES string of the molecule is Cc1cc(-c2ccc(C#N)cc2)cc(C)c1C. The van der Waals surface area contributed by atoms with Crippen LogP contribution in [0.3, 0.4) is 0 Å². The molecular formula is C16H15N. The van der Waals surface area contributed by atoms with Crippen molar-refractivity contribution in [3.05, 3.63) is 58.7 Å². The first-order valence-electron chi connectivity index (χ1n) is 5.70. The number of benzene rings is 2. The van der Waals surface area contributed by atoms with E-state index in [0.717, 1.165) is 5.56 Å². The Labute approximate surface area is 102 Å². The zero-order valence-corrected chi connectivity index (χ0v) is 10.4. The molecule has 2 aromatic rings. The van der Waals surface area contributed by atoms with Crippen molar-refractivity contribution in [2.45, 2.75) is 20.8 Å². The van der Waals surface area contributed by atoms with Gasteiger partial charge in [0, 0.05) is 0 Å². The molecule has 0 fully saturated rings. The van der Waals surface area contributed by atoms with E-state index in [-0.39, 0.29) is 0 Å². The van der Waals surface area contributed by atoms with Gasteiger partial charge in [0.1, 0.15) is 0 Å². The van der Waals surface area contributed by atoms with Crippen molar-refractivity contribution in [2.75, 3.05) is 0 Å². The first-order valence-corrected chi connectivity index (χ1v) is 5.70. The average molecular weight is 221 g/mol. The van der Waals surface area contributed by atoms with Gasteiger partial charge in [-0.2, -0.15) is 5.26 Å². The molecule has 0 aliphatic carbocycles. The molecule has 0 amide bonds. The lowest BCUT2D eigenvalue weighted by Crippen LogP contribution is -1.88. The van der Waals surface area contributed by atoms with Crippen molar-refractivity contribution in [1.29, 1.82) is 5.26 Å². The molecule has 0 radical (unpaired) electrons. The Hall–Kier alpha value is -2.07. The maximum Gasteiger partial charge on any atom is 0.0991 e. The van der Waals surface area contributed by atoms with Gasteiger partial charge in [0.25, 0.3) is 0 Å². The monoisotopic (exact) mass is 221 g/mol. The van der Waals surface area contributed by atoms with E-state index in [1.54, 1.807) is 0 Å². The van der Waals surface area contributed by atoms with Crippen LogP contribution in [-0.4, -0.2) is 0 Å². The van der Waals surface area contributed by atoms with Crippen LogP contribution in [0.1, 0.15) is 22.3 Å². The summed E-state index contributed by atoms with van der Waals surface area (Å²) in [5.41, 5.74) is 7.05. The van der Waals surface area contributed by atoms with E-state index >= 15 is 0 Å². The van der Waals surface area contributed by atoms with Gasteiger partial charge >= 0.3 is 0 Å². The average Bonchev–Trinajstić information content (AvgIpc) is 2.35. The molecule has 0 saturated carbocycles. The van der Waals surface area contributed by atoms with Crippen molar-refractivity contribution in [1.82, 2.24) is 0 Å². The highest BCUT2D eigenvalue weighted by atomic mass is 14.2. The number of nitriles is 1. The Morgan fingerprint density at radius 3 is 1.82 bits per heavy atom. The van der Waals surface area contributed by atoms with Crippen LogP contribution in [0.5, 0.6) is 0 Å². The van der Waals surface area contributed by atoms with E-state index in [2.05, 4.69) is 39.0 Å². The maximum atomic E-state index is 8.77. The van der Waals surface area contributed by atoms with E-state index in [0.29, 0.717) is 5.56 Å². The summed E-state index contributed by atoms with van der Waals surface area (Å²) in [7, 11) is 0. The van der Waals surface area contributed by atoms with Gasteiger partial charge in [-0.05, 0) is 60.7 Å². The Morgan fingerprint density at radius 1 is 0.824 bits per heavy atom. The fraction of sp³-hybridized carbons (Fsp3) is 0.188. The molecule has 0 N–H and O–H groups in total. The third-order valence-electron chi connectivity index (χ3n) is 3.27. The highest BCUT2D eigenvalue weighted by Crippen LogP contribution is 2.25. The minimum atomic E-state index is 0.703. The lowest BCUT2D eigenvalue weighted by molar-refractivity contribution is 1.27. The summed E-state index contributed by atoms with van der Waals surface area (Å²) in [5.74, 6) is 0. The van der Waals surface area contributed by atoms with Crippen LogP contribution in [0.2, 0.25) is 0 Å². The van der Waals surface area contributed by atoms with Gasteiger partial charge in [-0.1, -0.05) is 24.3 Å². The summed E-state index contributed by atoms with van der Waals surface area (Å²) in [6.45, 7) is 6.41. The van der Waals surface area contributed by atoms with E-state index in [1.165, 1.54) is 22.3 Å². The van der Waals surface area contributed by atoms with Crippen molar-refractivity contribution < 1.29 is 0 Å². The second-order valence-corrected chi connectivity index (χ2v) is 4.42. The third-order valence-corrected chi connectivity index (χ3v) is 3.27. The number of rotatable bonds is 1. The molecule has 0 bridgehead atoms. The van der Waals surface area contributed by atoms with Crippen LogP contribution in [0, 0.1) is 32.1 Å². The molecule has 0 atom stereocenters. The minimum Gasteiger partial charge on any atom is -0.192 e. The predicted molar refractivity (Wildman–Crippen MR) is 70.8 cm³/mol. The van der Waals surface area contributed by atoms with Gasteiger partial charge < -0.3 is 0 Å². The Morgan fingerprint density at radius 2 is 1.35 bits per heavy atom. The van der Waals surface area contributed by atoms with E-state index < -0.39 is 0 Å². The molecule has 0 aromatic heterocycles. The molecule has 0 aliphatic rings. The van der Waals surface area contributed by atoms with E-state index in [1.807, 2.05) is 24.3 Å². The fourth-order valence-electron chi connectivity index (χ4n) is 1.94. The van der Waals surface area contributed by atoms with E-state index in [4.69, 9.17) is 5.26 Å². The molecule has 17 heavy (non-hydrogen) atoms. The van der Waals surface area contributed by atoms with Crippen LogP contribution in [0.25, 0.3) is 11.1 Å². The second kappa shape index (κ2) is 4.43. The van der Waals surface area contributed by atoms with Crippen LogP contribution >= 0.6 is 0 Å². The van der Waals surface area contributed by atoms with Gasteiger partial charge in [0.2, 0.25) is 0 Å². The van der Waals surface area contributed by atoms with Crippen molar-refractivity contribution in [3.63, 3.8) is 0 Å². The summed E-state index contributed by atoms with van der Waals surface area (Å²) < 4.78 is 0. The fourth-order valence-corrected chi connectivity index (χ4v) is 1.94. The highest BCUT2D eigenvalue weighted by molar-refractivity contribution is 5.66. The molecule has 0 heterocycles. The molecule has 1 heteroatoms. The standard InChI is InChI=1S/C16H15N/c1-11-8-16(9-12(2)13(11)3)15-6-4-14(10-17)5-7-15/h4-9H,1-3H3. The summed E-state index contributed by atoms with van der Waals surface area (Å²) in [6.07, 6.45) is 0. The quantitative estimate of drug-likeness (QED) is 0.709. The normalized spacial score (nSPS) is 10.0. The van der Waals surface area contributed by atoms with Gasteiger partial charge in [-0.25, -0.2) is 0 Å². The summed E-state index contributed by atoms with van der Waals surface area (Å²) >= 11 is 0. The number of aryl methyl sites for hydroxylation is 2. The zero-order chi connectivity index (χ0) is 12.4. The highest BCUT2D eigenvalue weighted by Gasteiger charge is 2.03. The lowest BCUT2D eigenvalue weighted by atomic mass is 9.96. The maximum absolute atomic E-state index is 8.77. The Balaban J connectivity index is 2.50. The summed E-state index contributed by atoms with van der Waals surface area (Å²) in [4.78, 5) is 0. The molecule has 2 aromatic carbocycles. The van der Waals surface area contributed by atoms with Crippen molar-refractivity contribution in [2.24, 2.45) is 0 Å². The number of nitrogens with zero attached hydrogens (tertiary/aromatic N) is 1. The van der Waals surface area contributed by atoms with Crippen LogP contribution in [0.15, 0.2) is 36.4 Å². The molecular weight excluding hydrogens is 206 g/mol. The van der Waals surface area contributed by atoms with Gasteiger partial charge in [-0.15, -0.1) is 0 Å². The van der Waals surface area contributed by atoms with Gasteiger partial charge in [0.15, 0.2) is 0 Å². The smallest absolute Gasteiger partial charge is 0.0991 e. The largest absolute Gasteiger partial charge is 0.192 e. The van der Waals surface area contributed by atoms with Crippen LogP contribution in [-0.2, 0) is 0 Å². The first-order chi connectivity index (χ1) is 8.11. The molecule has 0 unspecified atom stereocenters. The van der Waals surface area contributed by atoms with Crippen LogP contribution in [0.4, 0.5) is 0 Å². The molecule has 2 rings (SSSR count). The van der Waals surface area contributed by atoms with Gasteiger partial charge in [0.05, 0.1) is 11.6 Å². The molecule has 0 spiro atoms. The minimum absolute atomic E-state index is 0.703. The molecule has 0 saturated heterocycles. The Kier molecular flexibility index (Phi) is 2.97. The van der Waals surface area contributed by atoms with Crippen molar-refractivity contribution >= 4 is 0 Å². The third kappa shape index (κ3) is 2.21. The number of hydrogen-bond acceptors (Lipinski definition) is 1. The van der Waals surface area contributed by atoms with Gasteiger partial charge in [-0.3, -0.25) is 0 Å². The van der Waals surface area contributed by atoms with Crippen molar-refractivity contribution in [3.8, 4) is 17.2 Å². The number of hydrogen-bond donors (Lipinski definition) is 0. The summed E-state index contributed by atoms with van der Waals surface area (Å²) in [5, 5.41) is 8.77. The molecule has 84 valence electrons. The first kappa shape index (κ1) is 11.4. The lowest BCUT2D eigenvalue weighted by Gasteiger charge is -2.09. The second-order valence-electron chi connectivity index (χ2n) is 4.42. The zero-order valence-electron chi connectivity index (χ0n) is 10.4. The Bertz CT molecular complexity index is 563. The van der Waals surface area contributed by atoms with E-state index in [9.17, 15) is 0 Å². The molecule has 1 nitrogen and oxygen atoms in total. The predicted octanol–water partition coefficient (Wildman–Crippen LogP) is 4.15. The molecule has 0 aliphatic heterocycles. The summed E-state index contributed by atoms with van der Waals surface area (Å²) in [6, 6.07) is 14.3. The topological polar surface area (TPSA) is 23.8 Å². The van der Waals surface area contributed by atoms with Crippen LogP contribution < -0.4 is 0 Å².